The van der Waals surface area contributed by atoms with E-state index in [9.17, 15) is 14.7 Å². The molecule has 1 N–H and O–H groups in total. The van der Waals surface area contributed by atoms with Gasteiger partial charge < -0.3 is 14.7 Å². The van der Waals surface area contributed by atoms with Crippen LogP contribution in [0.1, 0.15) is 45.1 Å². The maximum Gasteiger partial charge on any atom is 0.410 e. The zero-order valence-electron chi connectivity index (χ0n) is 14.3. The number of carbonyl (C=O) groups is 2. The number of hydrogen-bond acceptors (Lipinski definition) is 3. The average Bonchev–Trinajstić information content (AvgIpc) is 2.48. The van der Waals surface area contributed by atoms with Crippen LogP contribution in [-0.4, -0.2) is 40.8 Å². The number of amides is 1. The van der Waals surface area contributed by atoms with Crippen LogP contribution in [-0.2, 0) is 9.53 Å². The monoisotopic (exact) mass is 397 g/mol. The highest BCUT2D eigenvalue weighted by Crippen LogP contribution is 2.36. The molecule has 1 amide bonds. The Bertz CT molecular complexity index is 603. The summed E-state index contributed by atoms with van der Waals surface area (Å²) in [6.45, 7) is 6.56. The number of benzene rings is 1. The van der Waals surface area contributed by atoms with Crippen LogP contribution in [0.2, 0.25) is 0 Å². The minimum Gasteiger partial charge on any atom is -0.481 e. The maximum absolute atomic E-state index is 12.1. The van der Waals surface area contributed by atoms with E-state index in [1.54, 1.807) is 4.90 Å². The number of piperidine rings is 1. The molecule has 5 nitrogen and oxygen atoms in total. The number of halogens is 1. The van der Waals surface area contributed by atoms with Gasteiger partial charge in [-0.15, -0.1) is 0 Å². The second kappa shape index (κ2) is 7.55. The van der Waals surface area contributed by atoms with E-state index in [0.717, 1.165) is 10.0 Å². The molecule has 0 aliphatic carbocycles. The summed E-state index contributed by atoms with van der Waals surface area (Å²) in [6, 6.07) is 7.44. The Balaban J connectivity index is 2.05. The van der Waals surface area contributed by atoms with E-state index >= 15 is 0 Å². The highest BCUT2D eigenvalue weighted by atomic mass is 79.9. The molecule has 1 aromatic rings. The molecule has 1 atom stereocenters. The highest BCUT2D eigenvalue weighted by molar-refractivity contribution is 9.10. The number of carboxylic acids is 1. The first-order valence-corrected chi connectivity index (χ1v) is 8.93. The van der Waals surface area contributed by atoms with Crippen LogP contribution in [0, 0.1) is 5.92 Å². The average molecular weight is 398 g/mol. The molecule has 0 saturated carbocycles. The van der Waals surface area contributed by atoms with E-state index < -0.39 is 17.5 Å². The second-order valence-corrected chi connectivity index (χ2v) is 8.00. The zero-order chi connectivity index (χ0) is 17.9. The third-order valence-electron chi connectivity index (χ3n) is 4.17. The highest BCUT2D eigenvalue weighted by Gasteiger charge is 2.35. The van der Waals surface area contributed by atoms with Gasteiger partial charge in [0.2, 0.25) is 0 Å². The lowest BCUT2D eigenvalue weighted by atomic mass is 9.80. The number of carboxylic acid groups (broad SMARTS) is 1. The Morgan fingerprint density at radius 3 is 2.33 bits per heavy atom. The lowest BCUT2D eigenvalue weighted by Crippen LogP contribution is -2.43. The summed E-state index contributed by atoms with van der Waals surface area (Å²) in [4.78, 5) is 25.6. The first kappa shape index (κ1) is 18.8. The van der Waals surface area contributed by atoms with Gasteiger partial charge in [0.05, 0.1) is 5.92 Å². The van der Waals surface area contributed by atoms with Gasteiger partial charge in [-0.1, -0.05) is 34.1 Å². The maximum atomic E-state index is 12.1. The molecule has 6 heteroatoms. The van der Waals surface area contributed by atoms with Crippen molar-refractivity contribution in [3.63, 3.8) is 0 Å². The number of nitrogens with zero attached hydrogens (tertiary/aromatic N) is 1. The van der Waals surface area contributed by atoms with Gasteiger partial charge in [0.1, 0.15) is 5.60 Å². The Morgan fingerprint density at radius 2 is 1.83 bits per heavy atom. The van der Waals surface area contributed by atoms with Gasteiger partial charge in [0, 0.05) is 17.6 Å². The molecule has 1 aliphatic rings. The Kier molecular flexibility index (Phi) is 5.91. The number of likely N-dealkylation sites (tertiary alicyclic amines) is 1. The van der Waals surface area contributed by atoms with Gasteiger partial charge in [0.15, 0.2) is 0 Å². The normalized spacial score (nSPS) is 17.4. The summed E-state index contributed by atoms with van der Waals surface area (Å²) in [5.74, 6) is -1.39. The van der Waals surface area contributed by atoms with E-state index in [2.05, 4.69) is 15.9 Å². The van der Waals surface area contributed by atoms with Crippen molar-refractivity contribution >= 4 is 28.0 Å². The largest absolute Gasteiger partial charge is 0.481 e. The van der Waals surface area contributed by atoms with Gasteiger partial charge >= 0.3 is 12.1 Å². The third-order valence-corrected chi connectivity index (χ3v) is 4.89. The van der Waals surface area contributed by atoms with Crippen LogP contribution < -0.4 is 0 Å². The summed E-state index contributed by atoms with van der Waals surface area (Å²) in [6.07, 6.45) is 0.975. The van der Waals surface area contributed by atoms with Crippen LogP contribution in [0.25, 0.3) is 0 Å². The van der Waals surface area contributed by atoms with E-state index in [4.69, 9.17) is 4.74 Å². The molecule has 0 aromatic heterocycles. The number of ether oxygens (including phenoxy) is 1. The van der Waals surface area contributed by atoms with Crippen molar-refractivity contribution in [2.45, 2.75) is 45.1 Å². The van der Waals surface area contributed by atoms with Crippen LogP contribution in [0.4, 0.5) is 4.79 Å². The molecule has 0 bridgehead atoms. The smallest absolute Gasteiger partial charge is 0.410 e. The molecular weight excluding hydrogens is 374 g/mol. The van der Waals surface area contributed by atoms with Crippen molar-refractivity contribution in [1.29, 1.82) is 0 Å². The molecule has 132 valence electrons. The predicted molar refractivity (Wildman–Crippen MR) is 95.0 cm³/mol. The molecule has 1 fully saturated rings. The van der Waals surface area contributed by atoms with Crippen molar-refractivity contribution in [2.24, 2.45) is 5.92 Å². The first-order valence-electron chi connectivity index (χ1n) is 8.14. The van der Waals surface area contributed by atoms with E-state index in [0.29, 0.717) is 25.9 Å². The Labute approximate surface area is 151 Å². The molecule has 24 heavy (non-hydrogen) atoms. The van der Waals surface area contributed by atoms with E-state index in [1.165, 1.54) is 0 Å². The third kappa shape index (κ3) is 4.72. The minimum absolute atomic E-state index is 0.000105. The quantitative estimate of drug-likeness (QED) is 0.826. The first-order chi connectivity index (χ1) is 11.2. The van der Waals surface area contributed by atoms with Gasteiger partial charge in [-0.05, 0) is 51.2 Å². The summed E-state index contributed by atoms with van der Waals surface area (Å²) < 4.78 is 6.20. The van der Waals surface area contributed by atoms with Crippen LogP contribution in [0.3, 0.4) is 0 Å². The van der Waals surface area contributed by atoms with E-state index in [-0.39, 0.29) is 12.0 Å². The van der Waals surface area contributed by atoms with Crippen molar-refractivity contribution in [3.8, 4) is 0 Å². The summed E-state index contributed by atoms with van der Waals surface area (Å²) >= 11 is 3.45. The molecule has 2 rings (SSSR count). The van der Waals surface area contributed by atoms with Gasteiger partial charge in [-0.3, -0.25) is 4.79 Å². The Morgan fingerprint density at radius 1 is 1.25 bits per heavy atom. The molecule has 1 saturated heterocycles. The van der Waals surface area contributed by atoms with Crippen molar-refractivity contribution in [2.75, 3.05) is 13.1 Å². The number of carbonyl (C=O) groups excluding carboxylic acids is 1. The zero-order valence-corrected chi connectivity index (χ0v) is 15.9. The van der Waals surface area contributed by atoms with Crippen molar-refractivity contribution in [1.82, 2.24) is 4.90 Å². The lowest BCUT2D eigenvalue weighted by molar-refractivity contribution is -0.140. The van der Waals surface area contributed by atoms with Crippen LogP contribution in [0.5, 0.6) is 0 Å². The van der Waals surface area contributed by atoms with Crippen molar-refractivity contribution < 1.29 is 19.4 Å². The molecule has 1 heterocycles. The summed E-state index contributed by atoms with van der Waals surface area (Å²) in [7, 11) is 0. The van der Waals surface area contributed by atoms with E-state index in [1.807, 2.05) is 45.0 Å². The summed E-state index contributed by atoms with van der Waals surface area (Å²) in [5, 5.41) is 9.71. The molecule has 1 aliphatic heterocycles. The molecule has 0 radical (unpaired) electrons. The van der Waals surface area contributed by atoms with Gasteiger partial charge in [-0.25, -0.2) is 4.79 Å². The van der Waals surface area contributed by atoms with Gasteiger partial charge in [-0.2, -0.15) is 0 Å². The fourth-order valence-electron chi connectivity index (χ4n) is 3.06. The molecule has 1 aromatic carbocycles. The van der Waals surface area contributed by atoms with Crippen molar-refractivity contribution in [3.05, 3.63) is 34.3 Å². The van der Waals surface area contributed by atoms with Crippen LogP contribution >= 0.6 is 15.9 Å². The summed E-state index contributed by atoms with van der Waals surface area (Å²) in [5.41, 5.74) is 0.271. The SMILES string of the molecule is CC(C)(C)OC(=O)N1CCC(C(C(=O)O)c2ccccc2Br)CC1. The second-order valence-electron chi connectivity index (χ2n) is 7.14. The number of rotatable bonds is 3. The number of hydrogen-bond donors (Lipinski definition) is 1. The lowest BCUT2D eigenvalue weighted by Gasteiger charge is -2.35. The molecule has 1 unspecified atom stereocenters. The minimum atomic E-state index is -0.822. The van der Waals surface area contributed by atoms with Gasteiger partial charge in [0.25, 0.3) is 0 Å². The molecule has 0 spiro atoms. The fourth-order valence-corrected chi connectivity index (χ4v) is 3.59. The fraction of sp³-hybridized carbons (Fsp3) is 0.556. The number of aliphatic carboxylic acids is 1. The Hall–Kier alpha value is -1.56. The topological polar surface area (TPSA) is 66.8 Å². The van der Waals surface area contributed by atoms with Crippen LogP contribution in [0.15, 0.2) is 28.7 Å². The standard InChI is InChI=1S/C18H24BrNO4/c1-18(2,3)24-17(23)20-10-8-12(9-11-20)15(16(21)22)13-6-4-5-7-14(13)19/h4-7,12,15H,8-11H2,1-3H3,(H,21,22). The predicted octanol–water partition coefficient (Wildman–Crippen LogP) is 4.26. The molecular formula is C18H24BrNO4.